The van der Waals surface area contributed by atoms with Crippen LogP contribution in [0.15, 0.2) is 48.5 Å². The molecule has 2 heteroatoms. The Labute approximate surface area is 107 Å². The maximum absolute atomic E-state index is 13.3. The summed E-state index contributed by atoms with van der Waals surface area (Å²) in [4.78, 5) is 0. The van der Waals surface area contributed by atoms with E-state index in [9.17, 15) is 4.39 Å². The van der Waals surface area contributed by atoms with Gasteiger partial charge in [-0.2, -0.15) is 0 Å². The third-order valence-electron chi connectivity index (χ3n) is 3.58. The molecule has 18 heavy (non-hydrogen) atoms. The van der Waals surface area contributed by atoms with Gasteiger partial charge in [0.15, 0.2) is 0 Å². The van der Waals surface area contributed by atoms with Crippen molar-refractivity contribution in [3.8, 4) is 0 Å². The zero-order valence-electron chi connectivity index (χ0n) is 10.2. The van der Waals surface area contributed by atoms with E-state index in [-0.39, 0.29) is 11.9 Å². The van der Waals surface area contributed by atoms with Crippen LogP contribution in [0, 0.1) is 5.82 Å². The molecule has 1 atom stereocenters. The van der Waals surface area contributed by atoms with Crippen molar-refractivity contribution >= 4 is 0 Å². The fourth-order valence-electron chi connectivity index (χ4n) is 2.62. The summed E-state index contributed by atoms with van der Waals surface area (Å²) in [5, 5.41) is 3.51. The Kier molecular flexibility index (Phi) is 3.11. The van der Waals surface area contributed by atoms with Gasteiger partial charge in [-0.3, -0.25) is 0 Å². The highest BCUT2D eigenvalue weighted by atomic mass is 19.1. The summed E-state index contributed by atoms with van der Waals surface area (Å²) in [5.41, 5.74) is 3.68. The summed E-state index contributed by atoms with van der Waals surface area (Å²) >= 11 is 0. The van der Waals surface area contributed by atoms with E-state index in [1.165, 1.54) is 11.1 Å². The first-order valence-corrected chi connectivity index (χ1v) is 6.38. The lowest BCUT2D eigenvalue weighted by Gasteiger charge is -2.14. The van der Waals surface area contributed by atoms with Crippen LogP contribution in [0.1, 0.15) is 29.2 Å². The van der Waals surface area contributed by atoms with Crippen LogP contribution in [0.2, 0.25) is 0 Å². The SMILES string of the molecule is Fc1ccc2c(c1)C(NCc1ccccc1)CC2. The first kappa shape index (κ1) is 11.4. The van der Waals surface area contributed by atoms with E-state index < -0.39 is 0 Å². The molecular formula is C16H16FN. The van der Waals surface area contributed by atoms with Crippen molar-refractivity contribution in [3.63, 3.8) is 0 Å². The summed E-state index contributed by atoms with van der Waals surface area (Å²) in [7, 11) is 0. The number of hydrogen-bond acceptors (Lipinski definition) is 1. The molecule has 1 N–H and O–H groups in total. The summed E-state index contributed by atoms with van der Waals surface area (Å²) in [6, 6.07) is 15.7. The summed E-state index contributed by atoms with van der Waals surface area (Å²) < 4.78 is 13.3. The van der Waals surface area contributed by atoms with E-state index in [2.05, 4.69) is 17.4 Å². The van der Waals surface area contributed by atoms with E-state index in [1.54, 1.807) is 12.1 Å². The number of halogens is 1. The molecule has 0 aliphatic heterocycles. The fourth-order valence-corrected chi connectivity index (χ4v) is 2.62. The van der Waals surface area contributed by atoms with Gasteiger partial charge in [0.05, 0.1) is 0 Å². The molecule has 2 aromatic rings. The topological polar surface area (TPSA) is 12.0 Å². The number of fused-ring (bicyclic) bond motifs is 1. The van der Waals surface area contributed by atoms with Gasteiger partial charge in [0, 0.05) is 12.6 Å². The third-order valence-corrected chi connectivity index (χ3v) is 3.58. The first-order chi connectivity index (χ1) is 8.83. The van der Waals surface area contributed by atoms with Gasteiger partial charge in [0.1, 0.15) is 5.82 Å². The van der Waals surface area contributed by atoms with Gasteiger partial charge in [-0.05, 0) is 41.7 Å². The Bertz CT molecular complexity index is 536. The van der Waals surface area contributed by atoms with Gasteiger partial charge in [0.25, 0.3) is 0 Å². The lowest BCUT2D eigenvalue weighted by Crippen LogP contribution is -2.18. The quantitative estimate of drug-likeness (QED) is 0.865. The molecule has 92 valence electrons. The number of hydrogen-bond donors (Lipinski definition) is 1. The average Bonchev–Trinajstić information content (AvgIpc) is 2.80. The third kappa shape index (κ3) is 2.29. The number of aryl methyl sites for hydroxylation is 1. The van der Waals surface area contributed by atoms with Crippen LogP contribution in [-0.4, -0.2) is 0 Å². The zero-order chi connectivity index (χ0) is 12.4. The van der Waals surface area contributed by atoms with E-state index in [4.69, 9.17) is 0 Å². The van der Waals surface area contributed by atoms with E-state index >= 15 is 0 Å². The molecule has 1 nitrogen and oxygen atoms in total. The molecule has 0 saturated heterocycles. The minimum absolute atomic E-state index is 0.137. The number of benzene rings is 2. The van der Waals surface area contributed by atoms with E-state index in [1.807, 2.05) is 24.3 Å². The molecule has 0 amide bonds. The first-order valence-electron chi connectivity index (χ1n) is 6.38. The van der Waals surface area contributed by atoms with Gasteiger partial charge in [0.2, 0.25) is 0 Å². The normalized spacial score (nSPS) is 17.7. The van der Waals surface area contributed by atoms with Crippen molar-refractivity contribution in [1.29, 1.82) is 0 Å². The standard InChI is InChI=1S/C16H16FN/c17-14-8-6-13-7-9-16(15(13)10-14)18-11-12-4-2-1-3-5-12/h1-6,8,10,16,18H,7,9,11H2. The molecule has 1 aliphatic rings. The Hall–Kier alpha value is -1.67. The Morgan fingerprint density at radius 3 is 2.78 bits per heavy atom. The number of nitrogens with one attached hydrogen (secondary N) is 1. The lowest BCUT2D eigenvalue weighted by molar-refractivity contribution is 0.527. The second-order valence-corrected chi connectivity index (χ2v) is 4.80. The molecule has 1 aliphatic carbocycles. The van der Waals surface area contributed by atoms with Crippen molar-refractivity contribution in [1.82, 2.24) is 5.32 Å². The van der Waals surface area contributed by atoms with Crippen LogP contribution in [0.5, 0.6) is 0 Å². The highest BCUT2D eigenvalue weighted by Crippen LogP contribution is 2.31. The van der Waals surface area contributed by atoms with Crippen molar-refractivity contribution in [3.05, 3.63) is 71.0 Å². The smallest absolute Gasteiger partial charge is 0.123 e. The van der Waals surface area contributed by atoms with E-state index in [0.717, 1.165) is 24.9 Å². The van der Waals surface area contributed by atoms with Crippen LogP contribution in [0.25, 0.3) is 0 Å². The molecule has 0 bridgehead atoms. The van der Waals surface area contributed by atoms with Crippen LogP contribution in [0.3, 0.4) is 0 Å². The van der Waals surface area contributed by atoms with Crippen LogP contribution >= 0.6 is 0 Å². The molecule has 2 aromatic carbocycles. The van der Waals surface area contributed by atoms with E-state index in [0.29, 0.717) is 0 Å². The highest BCUT2D eigenvalue weighted by Gasteiger charge is 2.22. The minimum atomic E-state index is -0.137. The second-order valence-electron chi connectivity index (χ2n) is 4.80. The second kappa shape index (κ2) is 4.91. The Balaban J connectivity index is 1.71. The maximum Gasteiger partial charge on any atom is 0.123 e. The van der Waals surface area contributed by atoms with Gasteiger partial charge >= 0.3 is 0 Å². The highest BCUT2D eigenvalue weighted by molar-refractivity contribution is 5.35. The van der Waals surface area contributed by atoms with Crippen molar-refractivity contribution in [2.45, 2.75) is 25.4 Å². The summed E-state index contributed by atoms with van der Waals surface area (Å²) in [6.45, 7) is 0.835. The predicted molar refractivity (Wildman–Crippen MR) is 70.7 cm³/mol. The zero-order valence-corrected chi connectivity index (χ0v) is 10.2. The lowest BCUT2D eigenvalue weighted by atomic mass is 10.1. The van der Waals surface area contributed by atoms with Crippen molar-refractivity contribution < 1.29 is 4.39 Å². The molecule has 0 aromatic heterocycles. The molecule has 0 heterocycles. The molecule has 0 fully saturated rings. The molecular weight excluding hydrogens is 225 g/mol. The molecule has 0 saturated carbocycles. The maximum atomic E-state index is 13.3. The summed E-state index contributed by atoms with van der Waals surface area (Å²) in [5.74, 6) is -0.137. The Morgan fingerprint density at radius 2 is 1.94 bits per heavy atom. The minimum Gasteiger partial charge on any atom is -0.306 e. The van der Waals surface area contributed by atoms with Gasteiger partial charge in [-0.25, -0.2) is 4.39 Å². The van der Waals surface area contributed by atoms with Gasteiger partial charge in [-0.1, -0.05) is 36.4 Å². The summed E-state index contributed by atoms with van der Waals surface area (Å²) in [6.07, 6.45) is 2.10. The van der Waals surface area contributed by atoms with Gasteiger partial charge < -0.3 is 5.32 Å². The van der Waals surface area contributed by atoms with Crippen molar-refractivity contribution in [2.24, 2.45) is 0 Å². The molecule has 1 unspecified atom stereocenters. The monoisotopic (exact) mass is 241 g/mol. The molecule has 0 radical (unpaired) electrons. The van der Waals surface area contributed by atoms with Gasteiger partial charge in [-0.15, -0.1) is 0 Å². The van der Waals surface area contributed by atoms with Crippen LogP contribution < -0.4 is 5.32 Å². The van der Waals surface area contributed by atoms with Crippen LogP contribution in [0.4, 0.5) is 4.39 Å². The fraction of sp³-hybridized carbons (Fsp3) is 0.250. The predicted octanol–water partition coefficient (Wildman–Crippen LogP) is 3.60. The molecule has 3 rings (SSSR count). The molecule has 0 spiro atoms. The average molecular weight is 241 g/mol. The largest absolute Gasteiger partial charge is 0.306 e. The van der Waals surface area contributed by atoms with Crippen molar-refractivity contribution in [2.75, 3.05) is 0 Å². The van der Waals surface area contributed by atoms with Crippen LogP contribution in [-0.2, 0) is 13.0 Å². The Morgan fingerprint density at radius 1 is 1.11 bits per heavy atom. The number of rotatable bonds is 3.